The molecule has 113 valence electrons. The summed E-state index contributed by atoms with van der Waals surface area (Å²) in [5.74, 6) is -0.424. The van der Waals surface area contributed by atoms with Gasteiger partial charge in [0.05, 0.1) is 5.02 Å². The molecule has 1 aromatic rings. The number of nitrogens with zero attached hydrogens (tertiary/aromatic N) is 2. The SMILES string of the molecule is O=C1NCCN1C1CC(Nc2ccc(F)c(Cl)c2)CC[N]1. The van der Waals surface area contributed by atoms with Crippen LogP contribution in [0.15, 0.2) is 18.2 Å². The van der Waals surface area contributed by atoms with Crippen LogP contribution < -0.4 is 16.0 Å². The highest BCUT2D eigenvalue weighted by Gasteiger charge is 2.32. The molecule has 5 nitrogen and oxygen atoms in total. The predicted molar refractivity (Wildman–Crippen MR) is 78.9 cm³/mol. The molecule has 1 radical (unpaired) electrons. The van der Waals surface area contributed by atoms with Crippen molar-refractivity contribution in [3.8, 4) is 0 Å². The number of halogens is 2. The van der Waals surface area contributed by atoms with E-state index in [9.17, 15) is 9.18 Å². The van der Waals surface area contributed by atoms with Gasteiger partial charge in [-0.25, -0.2) is 14.5 Å². The topological polar surface area (TPSA) is 58.5 Å². The average Bonchev–Trinajstić information content (AvgIpc) is 2.89. The van der Waals surface area contributed by atoms with Gasteiger partial charge in [0.1, 0.15) is 12.0 Å². The number of benzene rings is 1. The molecule has 0 bridgehead atoms. The summed E-state index contributed by atoms with van der Waals surface area (Å²) in [6, 6.07) is 4.75. The summed E-state index contributed by atoms with van der Waals surface area (Å²) in [4.78, 5) is 13.5. The normalized spacial score (nSPS) is 25.8. The van der Waals surface area contributed by atoms with Crippen molar-refractivity contribution in [2.24, 2.45) is 0 Å². The lowest BCUT2D eigenvalue weighted by Crippen LogP contribution is -2.50. The Morgan fingerprint density at radius 1 is 1.48 bits per heavy atom. The molecule has 7 heteroatoms. The number of piperidine rings is 1. The largest absolute Gasteiger partial charge is 0.382 e. The van der Waals surface area contributed by atoms with E-state index in [1.807, 2.05) is 0 Å². The second-order valence-electron chi connectivity index (χ2n) is 5.31. The molecular weight excluding hydrogens is 295 g/mol. The number of nitrogens with one attached hydrogen (secondary N) is 2. The van der Waals surface area contributed by atoms with E-state index in [0.717, 1.165) is 18.5 Å². The Bertz CT molecular complexity index is 542. The molecule has 0 saturated carbocycles. The van der Waals surface area contributed by atoms with Gasteiger partial charge in [-0.2, -0.15) is 0 Å². The number of hydrogen-bond donors (Lipinski definition) is 2. The van der Waals surface area contributed by atoms with E-state index in [4.69, 9.17) is 11.6 Å². The van der Waals surface area contributed by atoms with Crippen molar-refractivity contribution in [2.75, 3.05) is 25.0 Å². The van der Waals surface area contributed by atoms with Crippen LogP contribution in [0.4, 0.5) is 14.9 Å². The maximum Gasteiger partial charge on any atom is 0.318 e. The first kappa shape index (κ1) is 14.4. The van der Waals surface area contributed by atoms with E-state index >= 15 is 0 Å². The minimum atomic E-state index is -0.424. The van der Waals surface area contributed by atoms with Gasteiger partial charge in [-0.3, -0.25) is 0 Å². The first-order valence-electron chi connectivity index (χ1n) is 7.06. The van der Waals surface area contributed by atoms with Crippen molar-refractivity contribution in [2.45, 2.75) is 25.0 Å². The van der Waals surface area contributed by atoms with Crippen LogP contribution in [0.1, 0.15) is 12.8 Å². The molecule has 0 aromatic heterocycles. The van der Waals surface area contributed by atoms with Gasteiger partial charge in [-0.1, -0.05) is 11.6 Å². The summed E-state index contributed by atoms with van der Waals surface area (Å²) < 4.78 is 13.2. The van der Waals surface area contributed by atoms with Crippen LogP contribution in [0.5, 0.6) is 0 Å². The van der Waals surface area contributed by atoms with Gasteiger partial charge < -0.3 is 15.5 Å². The first-order valence-corrected chi connectivity index (χ1v) is 7.44. The smallest absolute Gasteiger partial charge is 0.318 e. The Morgan fingerprint density at radius 2 is 2.33 bits per heavy atom. The third-order valence-corrected chi connectivity index (χ3v) is 4.14. The number of urea groups is 1. The van der Waals surface area contributed by atoms with Gasteiger partial charge in [0.25, 0.3) is 0 Å². The van der Waals surface area contributed by atoms with E-state index < -0.39 is 5.82 Å². The fraction of sp³-hybridized carbons (Fsp3) is 0.500. The number of carbonyl (C=O) groups is 1. The number of anilines is 1. The lowest BCUT2D eigenvalue weighted by molar-refractivity contribution is 0.162. The number of amides is 2. The van der Waals surface area contributed by atoms with E-state index in [0.29, 0.717) is 19.6 Å². The summed E-state index contributed by atoms with van der Waals surface area (Å²) in [5.41, 5.74) is 0.790. The molecule has 2 N–H and O–H groups in total. The minimum Gasteiger partial charge on any atom is -0.382 e. The molecular formula is C14H17ClFN4O. The van der Waals surface area contributed by atoms with E-state index in [1.54, 1.807) is 17.0 Å². The molecule has 2 atom stereocenters. The zero-order valence-corrected chi connectivity index (χ0v) is 12.2. The van der Waals surface area contributed by atoms with Crippen LogP contribution in [0.2, 0.25) is 5.02 Å². The molecule has 2 heterocycles. The van der Waals surface area contributed by atoms with Gasteiger partial charge in [0.2, 0.25) is 0 Å². The Morgan fingerprint density at radius 3 is 3.05 bits per heavy atom. The highest BCUT2D eigenvalue weighted by Crippen LogP contribution is 2.23. The van der Waals surface area contributed by atoms with Gasteiger partial charge in [-0.15, -0.1) is 0 Å². The van der Waals surface area contributed by atoms with Crippen molar-refractivity contribution in [3.63, 3.8) is 0 Å². The van der Waals surface area contributed by atoms with Crippen molar-refractivity contribution >= 4 is 23.3 Å². The fourth-order valence-electron chi connectivity index (χ4n) is 2.78. The third-order valence-electron chi connectivity index (χ3n) is 3.85. The van der Waals surface area contributed by atoms with Crippen LogP contribution in [0, 0.1) is 5.82 Å². The Kier molecular flexibility index (Phi) is 4.17. The molecule has 2 amide bonds. The molecule has 21 heavy (non-hydrogen) atoms. The standard InChI is InChI=1S/C14H17ClFN4O/c15-11-7-9(1-2-12(11)16)19-10-3-4-17-13(8-10)20-6-5-18-14(20)21/h1-2,7,10,13,19H,3-6,8H2,(H,18,21). The molecule has 2 saturated heterocycles. The van der Waals surface area contributed by atoms with E-state index in [2.05, 4.69) is 16.0 Å². The van der Waals surface area contributed by atoms with Crippen molar-refractivity contribution in [1.82, 2.24) is 15.5 Å². The first-order chi connectivity index (χ1) is 10.1. The monoisotopic (exact) mass is 311 g/mol. The summed E-state index contributed by atoms with van der Waals surface area (Å²) in [5, 5.41) is 10.8. The van der Waals surface area contributed by atoms with Crippen LogP contribution in [0.25, 0.3) is 0 Å². The maximum absolute atomic E-state index is 13.2. The maximum atomic E-state index is 13.2. The second-order valence-corrected chi connectivity index (χ2v) is 5.71. The predicted octanol–water partition coefficient (Wildman–Crippen LogP) is 2.01. The van der Waals surface area contributed by atoms with E-state index in [-0.39, 0.29) is 23.3 Å². The summed E-state index contributed by atoms with van der Waals surface area (Å²) in [6.45, 7) is 2.08. The number of rotatable bonds is 3. The van der Waals surface area contributed by atoms with Gasteiger partial charge >= 0.3 is 6.03 Å². The lowest BCUT2D eigenvalue weighted by atomic mass is 10.0. The zero-order valence-electron chi connectivity index (χ0n) is 11.5. The highest BCUT2D eigenvalue weighted by molar-refractivity contribution is 6.31. The summed E-state index contributed by atoms with van der Waals surface area (Å²) in [7, 11) is 0. The Labute approximate surface area is 127 Å². The number of carbonyl (C=O) groups excluding carboxylic acids is 1. The quantitative estimate of drug-likeness (QED) is 0.897. The van der Waals surface area contributed by atoms with Crippen LogP contribution in [-0.4, -0.2) is 42.8 Å². The Balaban J connectivity index is 1.63. The lowest BCUT2D eigenvalue weighted by Gasteiger charge is -2.34. The van der Waals surface area contributed by atoms with Crippen molar-refractivity contribution in [1.29, 1.82) is 0 Å². The van der Waals surface area contributed by atoms with Crippen LogP contribution in [-0.2, 0) is 0 Å². The molecule has 0 aliphatic carbocycles. The summed E-state index contributed by atoms with van der Waals surface area (Å²) >= 11 is 5.79. The highest BCUT2D eigenvalue weighted by atomic mass is 35.5. The molecule has 2 aliphatic rings. The van der Waals surface area contributed by atoms with Crippen molar-refractivity contribution < 1.29 is 9.18 Å². The zero-order chi connectivity index (χ0) is 14.8. The second kappa shape index (κ2) is 6.07. The Hall–Kier alpha value is -1.53. The van der Waals surface area contributed by atoms with Gasteiger partial charge in [0, 0.05) is 37.8 Å². The molecule has 3 rings (SSSR count). The summed E-state index contributed by atoms with van der Waals surface area (Å²) in [6.07, 6.45) is 1.55. The molecule has 0 spiro atoms. The van der Waals surface area contributed by atoms with Gasteiger partial charge in [0.15, 0.2) is 0 Å². The average molecular weight is 312 g/mol. The van der Waals surface area contributed by atoms with E-state index in [1.165, 1.54) is 6.07 Å². The molecule has 1 aromatic carbocycles. The van der Waals surface area contributed by atoms with Gasteiger partial charge in [-0.05, 0) is 24.6 Å². The van der Waals surface area contributed by atoms with Crippen LogP contribution in [0.3, 0.4) is 0 Å². The van der Waals surface area contributed by atoms with Crippen molar-refractivity contribution in [3.05, 3.63) is 29.0 Å². The minimum absolute atomic E-state index is 0.0470. The molecule has 2 fully saturated rings. The fourth-order valence-corrected chi connectivity index (χ4v) is 2.96. The number of hydrogen-bond acceptors (Lipinski definition) is 2. The van der Waals surface area contributed by atoms with Crippen LogP contribution >= 0.6 is 11.6 Å². The third kappa shape index (κ3) is 3.22. The molecule has 2 aliphatic heterocycles. The molecule has 2 unspecified atom stereocenters.